The fourth-order valence-corrected chi connectivity index (χ4v) is 1.53. The quantitative estimate of drug-likeness (QED) is 0.409. The number of carbonyl (C=O) groups excluding carboxylic acids is 1. The van der Waals surface area contributed by atoms with E-state index in [0.29, 0.717) is 6.54 Å². The Morgan fingerprint density at radius 3 is 2.83 bits per heavy atom. The van der Waals surface area contributed by atoms with Crippen molar-refractivity contribution in [3.05, 3.63) is 12.2 Å². The van der Waals surface area contributed by atoms with Gasteiger partial charge < -0.3 is 19.8 Å². The van der Waals surface area contributed by atoms with Crippen LogP contribution in [-0.4, -0.2) is 53.3 Å². The Kier molecular flexibility index (Phi) is 4.72. The molecule has 1 aliphatic heterocycles. The van der Waals surface area contributed by atoms with Crippen LogP contribution in [0.3, 0.4) is 0 Å². The van der Waals surface area contributed by atoms with Crippen LogP contribution >= 0.6 is 0 Å². The lowest BCUT2D eigenvalue weighted by atomic mass is 10.2. The molecule has 1 heterocycles. The van der Waals surface area contributed by atoms with Gasteiger partial charge in [-0.3, -0.25) is 9.79 Å². The van der Waals surface area contributed by atoms with Crippen molar-refractivity contribution in [3.63, 3.8) is 0 Å². The van der Waals surface area contributed by atoms with Crippen LogP contribution in [0.15, 0.2) is 17.1 Å². The Balaban J connectivity index is 2.48. The molecule has 102 valence electrons. The predicted octanol–water partition coefficient (Wildman–Crippen LogP) is -0.723. The molecule has 6 nitrogen and oxygen atoms in total. The summed E-state index contributed by atoms with van der Waals surface area (Å²) in [6.45, 7) is 5.24. The number of carbonyl (C=O) groups is 1. The largest absolute Gasteiger partial charge is 0.595 e. The number of amides is 1. The second-order valence-electron chi connectivity index (χ2n) is 5.02. The van der Waals surface area contributed by atoms with E-state index in [-0.39, 0.29) is 25.1 Å². The van der Waals surface area contributed by atoms with E-state index in [4.69, 9.17) is 9.84 Å². The highest BCUT2D eigenvalue weighted by molar-refractivity contribution is 5.81. The minimum atomic E-state index is -0.747. The average Bonchev–Trinajstić information content (AvgIpc) is 2.71. The summed E-state index contributed by atoms with van der Waals surface area (Å²) in [6, 6.07) is -0.314. The van der Waals surface area contributed by atoms with E-state index in [9.17, 15) is 9.90 Å². The number of ether oxygens (including phenoxy) is 1. The molecular formula is C12H19N2O4-. The molecule has 0 saturated heterocycles. The first-order valence-corrected chi connectivity index (χ1v) is 5.81. The Hall–Kier alpha value is -1.56. The lowest BCUT2D eigenvalue weighted by Crippen LogP contribution is -2.40. The molecule has 1 N–H and O–H groups in total. The van der Waals surface area contributed by atoms with E-state index in [2.05, 4.69) is 4.99 Å². The SMILES string of the molecule is CC(C)(C)OC([O-])=NCC(=O)N1CC=CC1CO. The summed E-state index contributed by atoms with van der Waals surface area (Å²) in [5.41, 5.74) is -0.619. The van der Waals surface area contributed by atoms with Gasteiger partial charge in [0.2, 0.25) is 5.91 Å². The van der Waals surface area contributed by atoms with Gasteiger partial charge in [0.25, 0.3) is 0 Å². The molecule has 0 aromatic heterocycles. The molecule has 0 aliphatic carbocycles. The van der Waals surface area contributed by atoms with Crippen LogP contribution < -0.4 is 5.11 Å². The zero-order valence-corrected chi connectivity index (χ0v) is 10.9. The molecule has 18 heavy (non-hydrogen) atoms. The summed E-state index contributed by atoms with van der Waals surface area (Å²) >= 11 is 0. The van der Waals surface area contributed by atoms with Gasteiger partial charge in [0.15, 0.2) is 0 Å². The van der Waals surface area contributed by atoms with E-state index in [0.717, 1.165) is 0 Å². The topological polar surface area (TPSA) is 85.2 Å². The summed E-state index contributed by atoms with van der Waals surface area (Å²) < 4.78 is 4.96. The van der Waals surface area contributed by atoms with Gasteiger partial charge in [-0.25, -0.2) is 0 Å². The maximum atomic E-state index is 11.8. The zero-order chi connectivity index (χ0) is 13.8. The number of aliphatic imine (C=N–C) groups is 1. The second kappa shape index (κ2) is 5.86. The highest BCUT2D eigenvalue weighted by Crippen LogP contribution is 2.10. The summed E-state index contributed by atoms with van der Waals surface area (Å²) in [7, 11) is 0. The number of aliphatic hydroxyl groups is 1. The molecule has 0 saturated carbocycles. The lowest BCUT2D eigenvalue weighted by Gasteiger charge is -2.29. The number of aliphatic hydroxyl groups excluding tert-OH is 1. The summed E-state index contributed by atoms with van der Waals surface area (Å²) in [5.74, 6) is -0.301. The van der Waals surface area contributed by atoms with E-state index in [1.54, 1.807) is 32.9 Å². The normalized spacial score (nSPS) is 20.3. The summed E-state index contributed by atoms with van der Waals surface area (Å²) in [6.07, 6.45) is 2.81. The first kappa shape index (κ1) is 14.5. The van der Waals surface area contributed by atoms with Crippen LogP contribution in [0.1, 0.15) is 20.8 Å². The van der Waals surface area contributed by atoms with Crippen molar-refractivity contribution in [1.29, 1.82) is 0 Å². The minimum Gasteiger partial charge on any atom is -0.595 e. The van der Waals surface area contributed by atoms with Crippen molar-refractivity contribution < 1.29 is 19.7 Å². The number of rotatable bonds is 3. The van der Waals surface area contributed by atoms with Gasteiger partial charge in [0.1, 0.15) is 12.6 Å². The third-order valence-electron chi connectivity index (χ3n) is 2.30. The molecule has 0 aromatic rings. The van der Waals surface area contributed by atoms with Crippen LogP contribution in [-0.2, 0) is 9.53 Å². The molecular weight excluding hydrogens is 236 g/mol. The Morgan fingerprint density at radius 2 is 2.28 bits per heavy atom. The molecule has 6 heteroatoms. The van der Waals surface area contributed by atoms with Crippen LogP contribution in [0.5, 0.6) is 0 Å². The first-order valence-electron chi connectivity index (χ1n) is 5.81. The highest BCUT2D eigenvalue weighted by Gasteiger charge is 2.23. The van der Waals surface area contributed by atoms with Crippen LogP contribution in [0.2, 0.25) is 0 Å². The standard InChI is InChI=1S/C12H20N2O4/c1-12(2,3)18-11(17)13-7-10(16)14-6-4-5-9(14)8-15/h4-5,9,15H,6-8H2,1-3H3,(H,13,17)/p-1. The van der Waals surface area contributed by atoms with Crippen LogP contribution in [0.25, 0.3) is 0 Å². The number of nitrogens with zero attached hydrogens (tertiary/aromatic N) is 2. The molecule has 0 radical (unpaired) electrons. The van der Waals surface area contributed by atoms with E-state index in [1.165, 1.54) is 4.90 Å². The molecule has 0 aromatic carbocycles. The van der Waals surface area contributed by atoms with Crippen molar-refractivity contribution in [2.45, 2.75) is 32.4 Å². The van der Waals surface area contributed by atoms with Crippen molar-refractivity contribution >= 4 is 12.0 Å². The smallest absolute Gasteiger partial charge is 0.245 e. The fraction of sp³-hybridized carbons (Fsp3) is 0.667. The van der Waals surface area contributed by atoms with Crippen molar-refractivity contribution in [2.24, 2.45) is 4.99 Å². The highest BCUT2D eigenvalue weighted by atomic mass is 16.6. The molecule has 1 amide bonds. The van der Waals surface area contributed by atoms with Crippen molar-refractivity contribution in [2.75, 3.05) is 19.7 Å². The maximum Gasteiger partial charge on any atom is 0.245 e. The minimum absolute atomic E-state index is 0.130. The molecule has 0 spiro atoms. The molecule has 1 aliphatic rings. The number of hydrogen-bond acceptors (Lipinski definition) is 5. The van der Waals surface area contributed by atoms with Crippen molar-refractivity contribution in [3.8, 4) is 0 Å². The Labute approximate surface area is 107 Å². The molecule has 1 unspecified atom stereocenters. The van der Waals surface area contributed by atoms with Crippen LogP contribution in [0, 0.1) is 0 Å². The van der Waals surface area contributed by atoms with Gasteiger partial charge in [0.05, 0.1) is 12.6 Å². The van der Waals surface area contributed by atoms with E-state index < -0.39 is 11.7 Å². The first-order chi connectivity index (χ1) is 8.33. The lowest BCUT2D eigenvalue weighted by molar-refractivity contribution is -0.260. The summed E-state index contributed by atoms with van der Waals surface area (Å²) in [4.78, 5) is 16.8. The van der Waals surface area contributed by atoms with Gasteiger partial charge >= 0.3 is 0 Å². The van der Waals surface area contributed by atoms with Gasteiger partial charge in [-0.1, -0.05) is 32.9 Å². The van der Waals surface area contributed by atoms with Gasteiger partial charge in [-0.2, -0.15) is 0 Å². The zero-order valence-electron chi connectivity index (χ0n) is 10.9. The van der Waals surface area contributed by atoms with Gasteiger partial charge in [-0.15, -0.1) is 0 Å². The second-order valence-corrected chi connectivity index (χ2v) is 5.02. The van der Waals surface area contributed by atoms with E-state index in [1.807, 2.05) is 0 Å². The maximum absolute atomic E-state index is 11.8. The third kappa shape index (κ3) is 4.37. The molecule has 0 bridgehead atoms. The van der Waals surface area contributed by atoms with Gasteiger partial charge in [-0.05, 0) is 0 Å². The molecule has 0 fully saturated rings. The number of hydrogen-bond donors (Lipinski definition) is 1. The Bertz CT molecular complexity index is 358. The Morgan fingerprint density at radius 1 is 1.61 bits per heavy atom. The van der Waals surface area contributed by atoms with Crippen molar-refractivity contribution in [1.82, 2.24) is 4.90 Å². The fourth-order valence-electron chi connectivity index (χ4n) is 1.53. The van der Waals surface area contributed by atoms with E-state index >= 15 is 0 Å². The van der Waals surface area contributed by atoms with Gasteiger partial charge in [0, 0.05) is 12.1 Å². The molecule has 1 atom stereocenters. The summed E-state index contributed by atoms with van der Waals surface area (Å²) in [5, 5.41) is 20.4. The predicted molar refractivity (Wildman–Crippen MR) is 64.9 cm³/mol. The monoisotopic (exact) mass is 255 g/mol. The third-order valence-corrected chi connectivity index (χ3v) is 2.30. The average molecular weight is 255 g/mol. The van der Waals surface area contributed by atoms with Crippen LogP contribution in [0.4, 0.5) is 0 Å². The molecule has 1 rings (SSSR count).